The molecule has 3 aromatic heterocycles. The molecule has 0 saturated carbocycles. The predicted molar refractivity (Wildman–Crippen MR) is 184 cm³/mol. The Balaban J connectivity index is 1.20. The van der Waals surface area contributed by atoms with Gasteiger partial charge in [-0.3, -0.25) is 24.0 Å². The Kier molecular flexibility index (Phi) is 11.0. The number of aromatic nitrogens is 5. The number of halogens is 2. The van der Waals surface area contributed by atoms with Crippen LogP contribution in [-0.4, -0.2) is 114 Å². The Morgan fingerprint density at radius 2 is 1.82 bits per heavy atom. The largest absolute Gasteiger partial charge is 0.434 e. The van der Waals surface area contributed by atoms with E-state index in [1.165, 1.54) is 39.4 Å². The predicted octanol–water partition coefficient (Wildman–Crippen LogP) is 4.35. The van der Waals surface area contributed by atoms with Gasteiger partial charge in [0.25, 0.3) is 5.91 Å². The maximum absolute atomic E-state index is 13.6. The maximum Gasteiger partial charge on any atom is 0.387 e. The van der Waals surface area contributed by atoms with Gasteiger partial charge in [-0.15, -0.1) is 11.8 Å². The molecule has 0 unspecified atom stereocenters. The van der Waals surface area contributed by atoms with E-state index in [9.17, 15) is 23.2 Å². The topological polar surface area (TPSA) is 130 Å². The zero-order valence-corrected chi connectivity index (χ0v) is 29.1. The highest BCUT2D eigenvalue weighted by Gasteiger charge is 2.28. The second-order valence-electron chi connectivity index (χ2n) is 12.8. The molecule has 1 N–H and O–H groups in total. The average Bonchev–Trinajstić information content (AvgIpc) is 3.69. The third-order valence-corrected chi connectivity index (χ3v) is 9.92. The fourth-order valence-electron chi connectivity index (χ4n) is 6.42. The van der Waals surface area contributed by atoms with Crippen molar-refractivity contribution in [2.75, 3.05) is 51.1 Å². The number of thioether (sulfide) groups is 1. The molecule has 0 aliphatic carbocycles. The number of benzene rings is 1. The highest BCUT2D eigenvalue weighted by atomic mass is 32.2. The number of carbonyl (C=O) groups is 3. The zero-order chi connectivity index (χ0) is 35.4. The van der Waals surface area contributed by atoms with Crippen molar-refractivity contribution in [3.63, 3.8) is 0 Å². The molecule has 0 atom stereocenters. The van der Waals surface area contributed by atoms with Crippen LogP contribution < -0.4 is 10.1 Å². The number of rotatable bonds is 11. The molecule has 4 aromatic rings. The summed E-state index contributed by atoms with van der Waals surface area (Å²) < 4.78 is 34.9. The van der Waals surface area contributed by atoms with E-state index in [0.29, 0.717) is 24.7 Å². The Labute approximate surface area is 292 Å². The minimum absolute atomic E-state index is 0.107. The summed E-state index contributed by atoms with van der Waals surface area (Å²) in [4.78, 5) is 49.9. The van der Waals surface area contributed by atoms with Gasteiger partial charge in [0.05, 0.1) is 11.9 Å². The minimum Gasteiger partial charge on any atom is -0.434 e. The molecule has 0 bridgehead atoms. The van der Waals surface area contributed by atoms with E-state index in [1.54, 1.807) is 37.5 Å². The van der Waals surface area contributed by atoms with Gasteiger partial charge in [-0.05, 0) is 43.0 Å². The fourth-order valence-corrected chi connectivity index (χ4v) is 7.30. The smallest absolute Gasteiger partial charge is 0.387 e. The van der Waals surface area contributed by atoms with Crippen LogP contribution in [0.25, 0.3) is 16.9 Å². The second kappa shape index (κ2) is 15.5. The standard InChI is InChI=1S/C34H41F2N9O4S/c1-22(2)50-25-5-6-29(49-34(35)36)26(17-25)31-28(39-33(48)27-18-38-45-10-4-9-37-32(27)45)20-44(40-31)21-30(47)43-11-7-24(8-12-43)19-41-13-15-42(16-14-41)23(3)46/h4-6,9-10,17-18,20,22,24,34H,7-8,11-16,19,21H2,1-3H3,(H,39,48). The van der Waals surface area contributed by atoms with E-state index in [1.807, 2.05) is 23.6 Å². The third kappa shape index (κ3) is 8.41. The number of alkyl halides is 2. The number of amides is 3. The monoisotopic (exact) mass is 709 g/mol. The van der Waals surface area contributed by atoms with Crippen molar-refractivity contribution in [1.82, 2.24) is 39.1 Å². The quantitative estimate of drug-likeness (QED) is 0.226. The molecule has 266 valence electrons. The molecule has 0 radical (unpaired) electrons. The first kappa shape index (κ1) is 35.3. The lowest BCUT2D eigenvalue weighted by Crippen LogP contribution is -2.50. The number of ether oxygens (including phenoxy) is 1. The molecular formula is C34H41F2N9O4S. The number of nitrogens with zero attached hydrogens (tertiary/aromatic N) is 8. The first-order valence-corrected chi connectivity index (χ1v) is 17.6. The van der Waals surface area contributed by atoms with Gasteiger partial charge >= 0.3 is 6.61 Å². The summed E-state index contributed by atoms with van der Waals surface area (Å²) in [5, 5.41) is 11.9. The number of likely N-dealkylation sites (tertiary alicyclic amines) is 1. The van der Waals surface area contributed by atoms with Gasteiger partial charge in [0.2, 0.25) is 11.8 Å². The molecule has 2 fully saturated rings. The number of piperazine rings is 1. The fraction of sp³-hybridized carbons (Fsp3) is 0.471. The van der Waals surface area contributed by atoms with E-state index < -0.39 is 12.5 Å². The molecule has 6 rings (SSSR count). The lowest BCUT2D eigenvalue weighted by Gasteiger charge is -2.38. The van der Waals surface area contributed by atoms with E-state index >= 15 is 0 Å². The van der Waals surface area contributed by atoms with Crippen molar-refractivity contribution < 1.29 is 27.9 Å². The lowest BCUT2D eigenvalue weighted by molar-refractivity contribution is -0.133. The van der Waals surface area contributed by atoms with Crippen LogP contribution in [0.5, 0.6) is 5.75 Å². The van der Waals surface area contributed by atoms with Crippen LogP contribution in [0.3, 0.4) is 0 Å². The minimum atomic E-state index is -3.09. The first-order chi connectivity index (χ1) is 24.0. The van der Waals surface area contributed by atoms with Gasteiger partial charge < -0.3 is 19.9 Å². The molecule has 2 aliphatic rings. The SMILES string of the molecule is CC(=O)N1CCN(CC2CCN(C(=O)Cn3cc(NC(=O)c4cnn5cccnc45)c(-c4cc(SC(C)C)ccc4OC(F)F)n3)CC2)CC1. The highest BCUT2D eigenvalue weighted by Crippen LogP contribution is 2.39. The van der Waals surface area contributed by atoms with Gasteiger partial charge in [0.15, 0.2) is 5.65 Å². The first-order valence-electron chi connectivity index (χ1n) is 16.7. The molecule has 16 heteroatoms. The van der Waals surface area contributed by atoms with Crippen LogP contribution in [-0.2, 0) is 16.1 Å². The number of fused-ring (bicyclic) bond motifs is 1. The van der Waals surface area contributed by atoms with Crippen LogP contribution in [0.15, 0.2) is 53.9 Å². The summed E-state index contributed by atoms with van der Waals surface area (Å²) in [7, 11) is 0. The van der Waals surface area contributed by atoms with Crippen molar-refractivity contribution in [2.45, 2.75) is 56.9 Å². The van der Waals surface area contributed by atoms with Crippen LogP contribution >= 0.6 is 11.8 Å². The van der Waals surface area contributed by atoms with E-state index in [4.69, 9.17) is 4.74 Å². The number of hydrogen-bond donors (Lipinski definition) is 1. The summed E-state index contributed by atoms with van der Waals surface area (Å²) >= 11 is 1.54. The van der Waals surface area contributed by atoms with Gasteiger partial charge in [-0.2, -0.15) is 19.0 Å². The van der Waals surface area contributed by atoms with Crippen molar-refractivity contribution in [3.05, 3.63) is 54.6 Å². The molecule has 13 nitrogen and oxygen atoms in total. The number of anilines is 1. The van der Waals surface area contributed by atoms with Gasteiger partial charge in [-0.1, -0.05) is 13.8 Å². The Bertz CT molecular complexity index is 1830. The number of carbonyl (C=O) groups excluding carboxylic acids is 3. The molecule has 50 heavy (non-hydrogen) atoms. The van der Waals surface area contributed by atoms with Crippen LogP contribution in [0.1, 0.15) is 44.0 Å². The number of piperidine rings is 1. The summed E-state index contributed by atoms with van der Waals surface area (Å²) in [5.74, 6) is -0.201. The van der Waals surface area contributed by atoms with Crippen LogP contribution in [0.2, 0.25) is 0 Å². The molecule has 0 spiro atoms. The molecule has 2 saturated heterocycles. The summed E-state index contributed by atoms with van der Waals surface area (Å²) in [6, 6.07) is 6.55. The van der Waals surface area contributed by atoms with E-state index in [-0.39, 0.29) is 51.9 Å². The average molecular weight is 710 g/mol. The van der Waals surface area contributed by atoms with Crippen molar-refractivity contribution in [3.8, 4) is 17.0 Å². The Morgan fingerprint density at radius 1 is 1.06 bits per heavy atom. The van der Waals surface area contributed by atoms with Crippen molar-refractivity contribution in [1.29, 1.82) is 0 Å². The van der Waals surface area contributed by atoms with Crippen molar-refractivity contribution in [2.24, 2.45) is 5.92 Å². The van der Waals surface area contributed by atoms with Crippen molar-refractivity contribution >= 4 is 40.8 Å². The molecule has 2 aliphatic heterocycles. The molecule has 1 aromatic carbocycles. The summed E-state index contributed by atoms with van der Waals surface area (Å²) in [6.07, 6.45) is 7.88. The molecular weight excluding hydrogens is 668 g/mol. The number of hydrogen-bond acceptors (Lipinski definition) is 9. The Hall–Kier alpha value is -4.57. The molecule has 3 amide bonds. The van der Waals surface area contributed by atoms with E-state index in [2.05, 4.69) is 25.4 Å². The maximum atomic E-state index is 13.6. The summed E-state index contributed by atoms with van der Waals surface area (Å²) in [6.45, 7) is 7.81. The third-order valence-electron chi connectivity index (χ3n) is 8.93. The van der Waals surface area contributed by atoms with E-state index in [0.717, 1.165) is 50.5 Å². The zero-order valence-electron chi connectivity index (χ0n) is 28.3. The summed E-state index contributed by atoms with van der Waals surface area (Å²) in [5.41, 5.74) is 1.19. The normalized spacial score (nSPS) is 16.1. The van der Waals surface area contributed by atoms with Gasteiger partial charge in [-0.25, -0.2) is 9.50 Å². The lowest BCUT2D eigenvalue weighted by atomic mass is 9.96. The van der Waals surface area contributed by atoms with Crippen LogP contribution in [0.4, 0.5) is 14.5 Å². The Morgan fingerprint density at radius 3 is 2.52 bits per heavy atom. The second-order valence-corrected chi connectivity index (χ2v) is 14.5. The number of nitrogens with one attached hydrogen (secondary N) is 1. The molecule has 5 heterocycles. The van der Waals surface area contributed by atoms with Gasteiger partial charge in [0.1, 0.15) is 23.6 Å². The highest BCUT2D eigenvalue weighted by molar-refractivity contribution is 7.99. The van der Waals surface area contributed by atoms with Crippen LogP contribution in [0, 0.1) is 5.92 Å². The van der Waals surface area contributed by atoms with Gasteiger partial charge in [0, 0.05) is 87.0 Å².